The lowest BCUT2D eigenvalue weighted by Crippen LogP contribution is -2.27. The second kappa shape index (κ2) is 4.83. The summed E-state index contributed by atoms with van der Waals surface area (Å²) in [6.45, 7) is 0.421. The normalized spacial score (nSPS) is 14.1. The molecule has 108 valence electrons. The predicted molar refractivity (Wildman–Crippen MR) is 67.1 cm³/mol. The summed E-state index contributed by atoms with van der Waals surface area (Å²) < 4.78 is 38.9. The Morgan fingerprint density at radius 1 is 1.19 bits per heavy atom. The molecule has 3 rings (SSSR count). The van der Waals surface area contributed by atoms with E-state index < -0.39 is 17.6 Å². The van der Waals surface area contributed by atoms with Gasteiger partial charge in [-0.05, 0) is 12.1 Å². The first-order chi connectivity index (χ1) is 9.97. The molecule has 0 atom stereocenters. The van der Waals surface area contributed by atoms with Crippen molar-refractivity contribution in [2.24, 2.45) is 0 Å². The molecule has 0 saturated heterocycles. The summed E-state index contributed by atoms with van der Waals surface area (Å²) in [7, 11) is 0. The Morgan fingerprint density at radius 2 is 1.95 bits per heavy atom. The molecule has 0 N–H and O–H groups in total. The molecule has 0 saturated carbocycles. The molecule has 0 fully saturated rings. The molecular formula is C14H10F3N3O. The molecule has 1 aliphatic rings. The minimum absolute atomic E-state index is 0.197. The summed E-state index contributed by atoms with van der Waals surface area (Å²) in [4.78, 5) is 21.6. The van der Waals surface area contributed by atoms with Crippen LogP contribution in [0.1, 0.15) is 27.2 Å². The molecule has 0 radical (unpaired) electrons. The largest absolute Gasteiger partial charge is 0.417 e. The van der Waals surface area contributed by atoms with Crippen LogP contribution in [-0.4, -0.2) is 20.8 Å². The summed E-state index contributed by atoms with van der Waals surface area (Å²) in [5.41, 5.74) is 0.168. The smallest absolute Gasteiger partial charge is 0.328 e. The maximum atomic E-state index is 13.0. The van der Waals surface area contributed by atoms with Crippen molar-refractivity contribution in [3.8, 4) is 0 Å². The Balaban J connectivity index is 1.92. The average Bonchev–Trinajstić information content (AvgIpc) is 2.89. The van der Waals surface area contributed by atoms with Gasteiger partial charge in [0.05, 0.1) is 23.4 Å². The van der Waals surface area contributed by atoms with Crippen LogP contribution in [0.4, 0.5) is 13.2 Å². The summed E-state index contributed by atoms with van der Waals surface area (Å²) in [6.07, 6.45) is -1.62. The number of carbonyl (C=O) groups is 1. The molecular weight excluding hydrogens is 283 g/mol. The number of alkyl halides is 3. The third kappa shape index (κ3) is 2.46. The number of hydrogen-bond donors (Lipinski definition) is 0. The SMILES string of the molecule is O=C(c1ccccc1C(F)(F)F)N1Cc2cncnc2C1. The van der Waals surface area contributed by atoms with Crippen molar-refractivity contribution >= 4 is 5.91 Å². The van der Waals surface area contributed by atoms with Gasteiger partial charge in [-0.25, -0.2) is 9.97 Å². The molecule has 1 aromatic heterocycles. The maximum Gasteiger partial charge on any atom is 0.417 e. The molecule has 0 aliphatic carbocycles. The van der Waals surface area contributed by atoms with Crippen LogP contribution in [0.15, 0.2) is 36.8 Å². The van der Waals surface area contributed by atoms with Gasteiger partial charge < -0.3 is 4.90 Å². The zero-order valence-corrected chi connectivity index (χ0v) is 10.8. The van der Waals surface area contributed by atoms with E-state index in [1.54, 1.807) is 6.20 Å². The van der Waals surface area contributed by atoms with E-state index in [4.69, 9.17) is 0 Å². The molecule has 21 heavy (non-hydrogen) atoms. The maximum absolute atomic E-state index is 13.0. The van der Waals surface area contributed by atoms with Crippen molar-refractivity contribution in [2.45, 2.75) is 19.3 Å². The number of fused-ring (bicyclic) bond motifs is 1. The van der Waals surface area contributed by atoms with Gasteiger partial charge in [0.15, 0.2) is 0 Å². The van der Waals surface area contributed by atoms with Crippen LogP contribution < -0.4 is 0 Å². The minimum atomic E-state index is -4.56. The van der Waals surface area contributed by atoms with Gasteiger partial charge in [-0.15, -0.1) is 0 Å². The van der Waals surface area contributed by atoms with Crippen molar-refractivity contribution in [3.63, 3.8) is 0 Å². The average molecular weight is 293 g/mol. The van der Waals surface area contributed by atoms with E-state index in [1.165, 1.54) is 29.4 Å². The van der Waals surface area contributed by atoms with E-state index in [2.05, 4.69) is 9.97 Å². The van der Waals surface area contributed by atoms with Crippen LogP contribution in [0.5, 0.6) is 0 Å². The molecule has 4 nitrogen and oxygen atoms in total. The Labute approximate surface area is 118 Å². The summed E-state index contributed by atoms with van der Waals surface area (Å²) in [6, 6.07) is 4.80. The van der Waals surface area contributed by atoms with E-state index >= 15 is 0 Å². The van der Waals surface area contributed by atoms with Crippen molar-refractivity contribution in [1.82, 2.24) is 14.9 Å². The van der Waals surface area contributed by atoms with Gasteiger partial charge in [0.1, 0.15) is 6.33 Å². The molecule has 7 heteroatoms. The first-order valence-electron chi connectivity index (χ1n) is 6.20. The van der Waals surface area contributed by atoms with Crippen LogP contribution in [0, 0.1) is 0 Å². The van der Waals surface area contributed by atoms with E-state index in [9.17, 15) is 18.0 Å². The number of halogens is 3. The Hall–Kier alpha value is -2.44. The quantitative estimate of drug-likeness (QED) is 0.812. The molecule has 2 aromatic rings. The van der Waals surface area contributed by atoms with Crippen molar-refractivity contribution < 1.29 is 18.0 Å². The van der Waals surface area contributed by atoms with Gasteiger partial charge in [0.2, 0.25) is 0 Å². The van der Waals surface area contributed by atoms with E-state index in [0.29, 0.717) is 5.69 Å². The molecule has 1 aliphatic heterocycles. The highest BCUT2D eigenvalue weighted by Gasteiger charge is 2.36. The summed E-state index contributed by atoms with van der Waals surface area (Å²) in [5, 5.41) is 0. The van der Waals surface area contributed by atoms with Gasteiger partial charge in [-0.1, -0.05) is 12.1 Å². The lowest BCUT2D eigenvalue weighted by molar-refractivity contribution is -0.138. The monoisotopic (exact) mass is 293 g/mol. The molecule has 0 spiro atoms. The predicted octanol–water partition coefficient (Wildman–Crippen LogP) is 2.65. The molecule has 1 amide bonds. The lowest BCUT2D eigenvalue weighted by atomic mass is 10.1. The van der Waals surface area contributed by atoms with Crippen LogP contribution in [0.2, 0.25) is 0 Å². The highest BCUT2D eigenvalue weighted by molar-refractivity contribution is 5.96. The first kappa shape index (κ1) is 13.5. The second-order valence-corrected chi connectivity index (χ2v) is 4.70. The third-order valence-corrected chi connectivity index (χ3v) is 3.33. The van der Waals surface area contributed by atoms with Crippen LogP contribution in [0.3, 0.4) is 0 Å². The van der Waals surface area contributed by atoms with Gasteiger partial charge in [-0.3, -0.25) is 4.79 Å². The fourth-order valence-corrected chi connectivity index (χ4v) is 2.33. The highest BCUT2D eigenvalue weighted by Crippen LogP contribution is 2.33. The summed E-state index contributed by atoms with van der Waals surface area (Å²) >= 11 is 0. The highest BCUT2D eigenvalue weighted by atomic mass is 19.4. The number of carbonyl (C=O) groups excluding carboxylic acids is 1. The number of benzene rings is 1. The molecule has 1 aromatic carbocycles. The Bertz CT molecular complexity index is 675. The second-order valence-electron chi connectivity index (χ2n) is 4.70. The number of amides is 1. The number of rotatable bonds is 1. The topological polar surface area (TPSA) is 46.1 Å². The van der Waals surface area contributed by atoms with Crippen LogP contribution >= 0.6 is 0 Å². The fraction of sp³-hybridized carbons (Fsp3) is 0.214. The van der Waals surface area contributed by atoms with E-state index in [0.717, 1.165) is 11.6 Å². The fourth-order valence-electron chi connectivity index (χ4n) is 2.33. The summed E-state index contributed by atoms with van der Waals surface area (Å²) in [5.74, 6) is -0.652. The Kier molecular flexibility index (Phi) is 3.12. The van der Waals surface area contributed by atoms with Crippen molar-refractivity contribution in [2.75, 3.05) is 0 Å². The zero-order valence-electron chi connectivity index (χ0n) is 10.8. The van der Waals surface area contributed by atoms with Crippen molar-refractivity contribution in [3.05, 3.63) is 59.2 Å². The Morgan fingerprint density at radius 3 is 2.67 bits per heavy atom. The van der Waals surface area contributed by atoms with Gasteiger partial charge in [-0.2, -0.15) is 13.2 Å². The van der Waals surface area contributed by atoms with Crippen LogP contribution in [-0.2, 0) is 19.3 Å². The zero-order chi connectivity index (χ0) is 15.0. The van der Waals surface area contributed by atoms with Crippen LogP contribution in [0.25, 0.3) is 0 Å². The number of nitrogens with zero attached hydrogens (tertiary/aromatic N) is 3. The van der Waals surface area contributed by atoms with E-state index in [-0.39, 0.29) is 18.7 Å². The van der Waals surface area contributed by atoms with E-state index in [1.807, 2.05) is 0 Å². The molecule has 0 bridgehead atoms. The lowest BCUT2D eigenvalue weighted by Gasteiger charge is -2.18. The number of hydrogen-bond acceptors (Lipinski definition) is 3. The van der Waals surface area contributed by atoms with Gasteiger partial charge in [0.25, 0.3) is 5.91 Å². The molecule has 2 heterocycles. The minimum Gasteiger partial charge on any atom is -0.328 e. The van der Waals surface area contributed by atoms with Gasteiger partial charge in [0, 0.05) is 18.3 Å². The third-order valence-electron chi connectivity index (χ3n) is 3.33. The number of aromatic nitrogens is 2. The first-order valence-corrected chi connectivity index (χ1v) is 6.20. The van der Waals surface area contributed by atoms with Crippen molar-refractivity contribution in [1.29, 1.82) is 0 Å². The standard InChI is InChI=1S/C14H10F3N3O/c15-14(16,17)11-4-2-1-3-10(11)13(21)20-6-9-5-18-8-19-12(9)7-20/h1-5,8H,6-7H2. The molecule has 0 unspecified atom stereocenters. The van der Waals surface area contributed by atoms with Gasteiger partial charge >= 0.3 is 6.18 Å².